The number of hydrogen-bond acceptors (Lipinski definition) is 4. The van der Waals surface area contributed by atoms with Crippen LogP contribution in [0.1, 0.15) is 33.5 Å². The normalized spacial score (nSPS) is 16.6. The van der Waals surface area contributed by atoms with Crippen LogP contribution in [0, 0.1) is 13.8 Å². The number of nitrogens with zero attached hydrogens (tertiary/aromatic N) is 1. The number of benzene rings is 1. The molecule has 0 aliphatic carbocycles. The van der Waals surface area contributed by atoms with Crippen LogP contribution in [0.3, 0.4) is 0 Å². The summed E-state index contributed by atoms with van der Waals surface area (Å²) in [7, 11) is 0. The zero-order valence-electron chi connectivity index (χ0n) is 14.5. The zero-order valence-corrected chi connectivity index (χ0v) is 15.3. The molecule has 0 bridgehead atoms. The Morgan fingerprint density at radius 2 is 1.92 bits per heavy atom. The summed E-state index contributed by atoms with van der Waals surface area (Å²) < 4.78 is 10.9. The zero-order chi connectivity index (χ0) is 17.8. The molecule has 0 saturated carbocycles. The summed E-state index contributed by atoms with van der Waals surface area (Å²) in [4.78, 5) is 14.8. The van der Waals surface area contributed by atoms with E-state index in [1.807, 2.05) is 31.2 Å². The van der Waals surface area contributed by atoms with E-state index in [9.17, 15) is 4.79 Å². The number of halogens is 1. The summed E-state index contributed by atoms with van der Waals surface area (Å²) >= 11 is 6.02. The topological polar surface area (TPSA) is 54.7 Å². The molecule has 25 heavy (non-hydrogen) atoms. The fourth-order valence-electron chi connectivity index (χ4n) is 3.17. The van der Waals surface area contributed by atoms with E-state index in [1.54, 1.807) is 13.0 Å². The maximum Gasteiger partial charge on any atom is 0.254 e. The average molecular weight is 363 g/mol. The Kier molecular flexibility index (Phi) is 5.78. The van der Waals surface area contributed by atoms with Crippen molar-refractivity contribution in [3.63, 3.8) is 0 Å². The largest absolute Gasteiger partial charge is 0.466 e. The number of ether oxygens (including phenoxy) is 1. The summed E-state index contributed by atoms with van der Waals surface area (Å²) in [5, 5.41) is 3.76. The Labute approximate surface area is 152 Å². The highest BCUT2D eigenvalue weighted by atomic mass is 35.5. The van der Waals surface area contributed by atoms with Gasteiger partial charge in [-0.25, -0.2) is 0 Å². The first kappa shape index (κ1) is 18.0. The van der Waals surface area contributed by atoms with Crippen molar-refractivity contribution in [1.29, 1.82) is 0 Å². The van der Waals surface area contributed by atoms with E-state index in [0.29, 0.717) is 36.1 Å². The molecule has 1 aromatic carbocycles. The minimum atomic E-state index is -0.110. The molecule has 0 spiro atoms. The van der Waals surface area contributed by atoms with Gasteiger partial charge in [-0.15, -0.1) is 0 Å². The Morgan fingerprint density at radius 1 is 1.24 bits per heavy atom. The van der Waals surface area contributed by atoms with Gasteiger partial charge in [-0.05, 0) is 37.6 Å². The van der Waals surface area contributed by atoms with Crippen LogP contribution in [0.25, 0.3) is 0 Å². The van der Waals surface area contributed by atoms with Crippen LogP contribution < -0.4 is 5.32 Å². The van der Waals surface area contributed by atoms with E-state index in [2.05, 4.69) is 10.2 Å². The van der Waals surface area contributed by atoms with E-state index >= 15 is 0 Å². The monoisotopic (exact) mass is 362 g/mol. The minimum absolute atomic E-state index is 0.0819. The summed E-state index contributed by atoms with van der Waals surface area (Å²) in [5.41, 5.74) is 1.72. The number of amides is 1. The average Bonchev–Trinajstić information content (AvgIpc) is 2.96. The molecule has 1 fully saturated rings. The van der Waals surface area contributed by atoms with Crippen LogP contribution in [0.15, 0.2) is 34.7 Å². The van der Waals surface area contributed by atoms with Crippen LogP contribution in [0.4, 0.5) is 0 Å². The summed E-state index contributed by atoms with van der Waals surface area (Å²) in [6.07, 6.45) is 0. The van der Waals surface area contributed by atoms with Crippen molar-refractivity contribution >= 4 is 17.5 Å². The van der Waals surface area contributed by atoms with Gasteiger partial charge in [0.1, 0.15) is 11.5 Å². The van der Waals surface area contributed by atoms with Crippen LogP contribution in [0.2, 0.25) is 5.02 Å². The molecule has 0 radical (unpaired) electrons. The van der Waals surface area contributed by atoms with Gasteiger partial charge in [-0.3, -0.25) is 9.69 Å². The van der Waals surface area contributed by atoms with Crippen LogP contribution in [0.5, 0.6) is 0 Å². The van der Waals surface area contributed by atoms with Crippen molar-refractivity contribution in [3.05, 3.63) is 58.0 Å². The molecule has 1 aromatic heterocycles. The third-order valence-corrected chi connectivity index (χ3v) is 4.73. The van der Waals surface area contributed by atoms with Crippen molar-refractivity contribution in [2.24, 2.45) is 0 Å². The molecule has 1 aliphatic heterocycles. The molecular weight excluding hydrogens is 340 g/mol. The van der Waals surface area contributed by atoms with Crippen LogP contribution in [-0.2, 0) is 4.74 Å². The maximum absolute atomic E-state index is 12.5. The number of morpholine rings is 1. The molecule has 5 nitrogen and oxygen atoms in total. The molecule has 1 unspecified atom stereocenters. The van der Waals surface area contributed by atoms with E-state index in [1.165, 1.54) is 0 Å². The standard InChI is InChI=1S/C19H23ClN2O3/c1-13-11-17(14(2)25-13)19(23)21-12-18(22-7-9-24-10-8-22)15-3-5-16(20)6-4-15/h3-6,11,18H,7-10,12H2,1-2H3,(H,21,23). The highest BCUT2D eigenvalue weighted by Gasteiger charge is 2.24. The Hall–Kier alpha value is -1.82. The quantitative estimate of drug-likeness (QED) is 0.886. The second kappa shape index (κ2) is 8.04. The van der Waals surface area contributed by atoms with Gasteiger partial charge in [-0.2, -0.15) is 0 Å². The molecule has 1 amide bonds. The number of hydrogen-bond donors (Lipinski definition) is 1. The summed E-state index contributed by atoms with van der Waals surface area (Å²) in [6.45, 7) is 7.26. The lowest BCUT2D eigenvalue weighted by Crippen LogP contribution is -2.43. The van der Waals surface area contributed by atoms with Gasteiger partial charge in [0.2, 0.25) is 0 Å². The number of carbonyl (C=O) groups is 1. The molecule has 2 heterocycles. The highest BCUT2D eigenvalue weighted by molar-refractivity contribution is 6.30. The molecule has 1 aliphatic rings. The number of rotatable bonds is 5. The third kappa shape index (κ3) is 4.42. The minimum Gasteiger partial charge on any atom is -0.466 e. The molecule has 3 rings (SSSR count). The fourth-order valence-corrected chi connectivity index (χ4v) is 3.30. The van der Waals surface area contributed by atoms with Crippen LogP contribution >= 0.6 is 11.6 Å². The second-order valence-electron chi connectivity index (χ2n) is 6.25. The number of furan rings is 1. The first-order valence-corrected chi connectivity index (χ1v) is 8.85. The van der Waals surface area contributed by atoms with Gasteiger partial charge in [0.15, 0.2) is 0 Å². The lowest BCUT2D eigenvalue weighted by molar-refractivity contribution is 0.0162. The molecule has 1 N–H and O–H groups in total. The first-order chi connectivity index (χ1) is 12.0. The van der Waals surface area contributed by atoms with Crippen LogP contribution in [-0.4, -0.2) is 43.7 Å². The Bertz CT molecular complexity index is 721. The van der Waals surface area contributed by atoms with Gasteiger partial charge in [0.25, 0.3) is 5.91 Å². The van der Waals surface area contributed by atoms with E-state index in [-0.39, 0.29) is 11.9 Å². The molecule has 6 heteroatoms. The van der Waals surface area contributed by atoms with E-state index < -0.39 is 0 Å². The first-order valence-electron chi connectivity index (χ1n) is 8.47. The molecule has 2 aromatic rings. The van der Waals surface area contributed by atoms with Gasteiger partial charge in [0, 0.05) is 24.7 Å². The second-order valence-corrected chi connectivity index (χ2v) is 6.69. The van der Waals surface area contributed by atoms with Gasteiger partial charge in [0.05, 0.1) is 24.8 Å². The lowest BCUT2D eigenvalue weighted by atomic mass is 10.0. The van der Waals surface area contributed by atoms with E-state index in [4.69, 9.17) is 20.8 Å². The van der Waals surface area contributed by atoms with Crippen molar-refractivity contribution < 1.29 is 13.9 Å². The molecular formula is C19H23ClN2O3. The van der Waals surface area contributed by atoms with Crippen molar-refractivity contribution in [1.82, 2.24) is 10.2 Å². The van der Waals surface area contributed by atoms with Gasteiger partial charge >= 0.3 is 0 Å². The third-order valence-electron chi connectivity index (χ3n) is 4.48. The maximum atomic E-state index is 12.5. The molecule has 1 atom stereocenters. The highest BCUT2D eigenvalue weighted by Crippen LogP contribution is 2.23. The SMILES string of the molecule is Cc1cc(C(=O)NCC(c2ccc(Cl)cc2)N2CCOCC2)c(C)o1. The fraction of sp³-hybridized carbons (Fsp3) is 0.421. The van der Waals surface area contributed by atoms with Gasteiger partial charge in [-0.1, -0.05) is 23.7 Å². The van der Waals surface area contributed by atoms with Gasteiger partial charge < -0.3 is 14.5 Å². The predicted molar refractivity (Wildman–Crippen MR) is 97.1 cm³/mol. The Balaban J connectivity index is 1.74. The van der Waals surface area contributed by atoms with E-state index in [0.717, 1.165) is 24.4 Å². The van der Waals surface area contributed by atoms with Crippen molar-refractivity contribution in [3.8, 4) is 0 Å². The predicted octanol–water partition coefficient (Wildman–Crippen LogP) is 3.35. The van der Waals surface area contributed by atoms with Crippen molar-refractivity contribution in [2.75, 3.05) is 32.8 Å². The smallest absolute Gasteiger partial charge is 0.254 e. The van der Waals surface area contributed by atoms with Crippen molar-refractivity contribution in [2.45, 2.75) is 19.9 Å². The molecule has 134 valence electrons. The number of carbonyl (C=O) groups excluding carboxylic acids is 1. The number of aryl methyl sites for hydroxylation is 2. The molecule has 1 saturated heterocycles. The summed E-state index contributed by atoms with van der Waals surface area (Å²) in [5.74, 6) is 1.27. The summed E-state index contributed by atoms with van der Waals surface area (Å²) in [6, 6.07) is 9.66. The number of nitrogens with one attached hydrogen (secondary N) is 1. The lowest BCUT2D eigenvalue weighted by Gasteiger charge is -2.35. The Morgan fingerprint density at radius 3 is 2.52 bits per heavy atom.